The molecule has 2 nitrogen and oxygen atoms in total. The third-order valence-electron chi connectivity index (χ3n) is 2.94. The molecule has 4 heteroatoms. The van der Waals surface area contributed by atoms with Crippen LogP contribution in [0.3, 0.4) is 0 Å². The molecule has 0 fully saturated rings. The van der Waals surface area contributed by atoms with Crippen LogP contribution in [0.5, 0.6) is 0 Å². The van der Waals surface area contributed by atoms with Crippen molar-refractivity contribution in [2.24, 2.45) is 0 Å². The smallest absolute Gasteiger partial charge is 0.0737 e. The van der Waals surface area contributed by atoms with Crippen molar-refractivity contribution in [2.45, 2.75) is 19.9 Å². The van der Waals surface area contributed by atoms with Crippen LogP contribution in [-0.4, -0.2) is 23.5 Å². The summed E-state index contributed by atoms with van der Waals surface area (Å²) in [5, 5.41) is 1.82. The molecule has 0 spiro atoms. The van der Waals surface area contributed by atoms with E-state index in [9.17, 15) is 0 Å². The van der Waals surface area contributed by atoms with E-state index in [1.807, 2.05) is 30.5 Å². The topological polar surface area (TPSA) is 16.1 Å². The maximum Gasteiger partial charge on any atom is 0.0737 e. The van der Waals surface area contributed by atoms with Crippen LogP contribution in [0, 0.1) is 0 Å². The van der Waals surface area contributed by atoms with Crippen LogP contribution in [0.4, 0.5) is 5.69 Å². The van der Waals surface area contributed by atoms with Crippen LogP contribution < -0.4 is 4.90 Å². The number of pyridine rings is 1. The summed E-state index contributed by atoms with van der Waals surface area (Å²) >= 11 is 11.9. The second kappa shape index (κ2) is 5.77. The van der Waals surface area contributed by atoms with Crippen molar-refractivity contribution < 1.29 is 0 Å². The maximum atomic E-state index is 6.00. The van der Waals surface area contributed by atoms with Gasteiger partial charge in [0, 0.05) is 40.8 Å². The Kier molecular flexibility index (Phi) is 4.31. The lowest BCUT2D eigenvalue weighted by Gasteiger charge is -2.29. The largest absolute Gasteiger partial charge is 0.367 e. The minimum Gasteiger partial charge on any atom is -0.367 e. The normalized spacial score (nSPS) is 11.2. The van der Waals surface area contributed by atoms with Crippen molar-refractivity contribution >= 4 is 39.8 Å². The Labute approximate surface area is 118 Å². The van der Waals surface area contributed by atoms with Gasteiger partial charge in [0.25, 0.3) is 0 Å². The number of hydrogen-bond donors (Lipinski definition) is 0. The van der Waals surface area contributed by atoms with E-state index in [0.29, 0.717) is 16.9 Å². The number of fused-ring (bicyclic) bond motifs is 1. The summed E-state index contributed by atoms with van der Waals surface area (Å²) in [4.78, 5) is 6.64. The van der Waals surface area contributed by atoms with E-state index in [1.165, 1.54) is 0 Å². The van der Waals surface area contributed by atoms with Gasteiger partial charge in [-0.05, 0) is 38.1 Å². The third-order valence-corrected chi connectivity index (χ3v) is 3.34. The van der Waals surface area contributed by atoms with Gasteiger partial charge in [0.15, 0.2) is 0 Å². The third kappa shape index (κ3) is 2.70. The van der Waals surface area contributed by atoms with E-state index in [1.54, 1.807) is 0 Å². The highest BCUT2D eigenvalue weighted by Gasteiger charge is 2.13. The predicted molar refractivity (Wildman–Crippen MR) is 80.0 cm³/mol. The van der Waals surface area contributed by atoms with Crippen LogP contribution in [0.15, 0.2) is 30.5 Å². The van der Waals surface area contributed by atoms with E-state index < -0.39 is 0 Å². The van der Waals surface area contributed by atoms with Gasteiger partial charge in [-0.25, -0.2) is 0 Å². The monoisotopic (exact) mass is 282 g/mol. The molecule has 0 N–H and O–H groups in total. The fourth-order valence-electron chi connectivity index (χ4n) is 2.10. The molecule has 0 bridgehead atoms. The van der Waals surface area contributed by atoms with Gasteiger partial charge >= 0.3 is 0 Å². The lowest BCUT2D eigenvalue weighted by Crippen LogP contribution is -2.32. The number of hydrogen-bond acceptors (Lipinski definition) is 2. The lowest BCUT2D eigenvalue weighted by atomic mass is 10.1. The van der Waals surface area contributed by atoms with E-state index in [4.69, 9.17) is 23.2 Å². The summed E-state index contributed by atoms with van der Waals surface area (Å²) in [6, 6.07) is 8.23. The van der Waals surface area contributed by atoms with Gasteiger partial charge in [0.05, 0.1) is 5.52 Å². The first-order valence-electron chi connectivity index (χ1n) is 6.00. The molecule has 1 aromatic heterocycles. The van der Waals surface area contributed by atoms with Crippen molar-refractivity contribution in [2.75, 3.05) is 17.3 Å². The zero-order chi connectivity index (χ0) is 13.1. The molecule has 0 saturated carbocycles. The molecule has 0 aliphatic carbocycles. The Hall–Kier alpha value is -0.990. The Balaban J connectivity index is 2.55. The van der Waals surface area contributed by atoms with Crippen molar-refractivity contribution in [1.82, 2.24) is 4.98 Å². The van der Waals surface area contributed by atoms with Gasteiger partial charge in [-0.2, -0.15) is 0 Å². The summed E-state index contributed by atoms with van der Waals surface area (Å²) in [5.41, 5.74) is 2.08. The highest BCUT2D eigenvalue weighted by molar-refractivity contribution is 6.31. The van der Waals surface area contributed by atoms with Crippen LogP contribution >= 0.6 is 23.2 Å². The summed E-state index contributed by atoms with van der Waals surface area (Å²) in [6.07, 6.45) is 1.82. The van der Waals surface area contributed by atoms with Gasteiger partial charge < -0.3 is 4.90 Å². The minimum atomic E-state index is 0.394. The van der Waals surface area contributed by atoms with E-state index in [2.05, 4.69) is 23.7 Å². The molecule has 0 atom stereocenters. The SMILES string of the molecule is CC(C)N(CCCl)c1ccnc2cc(Cl)ccc12. The zero-order valence-electron chi connectivity index (χ0n) is 10.5. The van der Waals surface area contributed by atoms with Gasteiger partial charge in [-0.15, -0.1) is 11.6 Å². The maximum absolute atomic E-state index is 6.00. The highest BCUT2D eigenvalue weighted by atomic mass is 35.5. The number of halogens is 2. The lowest BCUT2D eigenvalue weighted by molar-refractivity contribution is 0.708. The molecule has 0 unspecified atom stereocenters. The quantitative estimate of drug-likeness (QED) is 0.776. The van der Waals surface area contributed by atoms with Gasteiger partial charge in [0.2, 0.25) is 0 Å². The first kappa shape index (κ1) is 13.4. The molecule has 1 aromatic carbocycles. The van der Waals surface area contributed by atoms with E-state index >= 15 is 0 Å². The second-order valence-corrected chi connectivity index (χ2v) is 5.28. The number of anilines is 1. The number of benzene rings is 1. The van der Waals surface area contributed by atoms with Crippen LogP contribution in [-0.2, 0) is 0 Å². The van der Waals surface area contributed by atoms with Crippen molar-refractivity contribution in [1.29, 1.82) is 0 Å². The van der Waals surface area contributed by atoms with Crippen molar-refractivity contribution in [3.8, 4) is 0 Å². The summed E-state index contributed by atoms with van der Waals surface area (Å²) in [6.45, 7) is 5.14. The average molecular weight is 283 g/mol. The molecular weight excluding hydrogens is 267 g/mol. The Morgan fingerprint density at radius 3 is 2.72 bits per heavy atom. The number of rotatable bonds is 4. The number of alkyl halides is 1. The average Bonchev–Trinajstić information content (AvgIpc) is 2.34. The predicted octanol–water partition coefficient (Wildman–Crippen LogP) is 4.34. The number of aromatic nitrogens is 1. The van der Waals surface area contributed by atoms with Crippen molar-refractivity contribution in [3.63, 3.8) is 0 Å². The first-order valence-corrected chi connectivity index (χ1v) is 6.91. The Morgan fingerprint density at radius 2 is 2.06 bits per heavy atom. The zero-order valence-corrected chi connectivity index (χ0v) is 12.0. The molecule has 0 amide bonds. The van der Waals surface area contributed by atoms with Crippen molar-refractivity contribution in [3.05, 3.63) is 35.5 Å². The molecule has 0 saturated heterocycles. The van der Waals surface area contributed by atoms with Gasteiger partial charge in [0.1, 0.15) is 0 Å². The minimum absolute atomic E-state index is 0.394. The number of nitrogens with zero attached hydrogens (tertiary/aromatic N) is 2. The fraction of sp³-hybridized carbons (Fsp3) is 0.357. The van der Waals surface area contributed by atoms with Crippen LogP contribution in [0.25, 0.3) is 10.9 Å². The van der Waals surface area contributed by atoms with E-state index in [-0.39, 0.29) is 0 Å². The fourth-order valence-corrected chi connectivity index (χ4v) is 2.45. The molecule has 2 aromatic rings. The van der Waals surface area contributed by atoms with E-state index in [0.717, 1.165) is 23.1 Å². The Morgan fingerprint density at radius 1 is 1.28 bits per heavy atom. The van der Waals surface area contributed by atoms with Gasteiger partial charge in [-0.1, -0.05) is 11.6 Å². The highest BCUT2D eigenvalue weighted by Crippen LogP contribution is 2.28. The molecular formula is C14H16Cl2N2. The summed E-state index contributed by atoms with van der Waals surface area (Å²) in [5.74, 6) is 0.607. The standard InChI is InChI=1S/C14H16Cl2N2/c1-10(2)18(8-6-15)14-5-7-17-13-9-11(16)3-4-12(13)14/h3-5,7,9-10H,6,8H2,1-2H3. The molecule has 96 valence electrons. The summed E-state index contributed by atoms with van der Waals surface area (Å²) in [7, 11) is 0. The molecule has 2 rings (SSSR count). The molecule has 0 radical (unpaired) electrons. The molecule has 0 aliphatic heterocycles. The van der Waals surface area contributed by atoms with Crippen LogP contribution in [0.2, 0.25) is 5.02 Å². The Bertz CT molecular complexity index is 540. The molecule has 1 heterocycles. The second-order valence-electron chi connectivity index (χ2n) is 4.47. The van der Waals surface area contributed by atoms with Crippen LogP contribution in [0.1, 0.15) is 13.8 Å². The summed E-state index contributed by atoms with van der Waals surface area (Å²) < 4.78 is 0. The molecule has 0 aliphatic rings. The first-order chi connectivity index (χ1) is 8.63. The van der Waals surface area contributed by atoms with Gasteiger partial charge in [-0.3, -0.25) is 4.98 Å². The molecule has 18 heavy (non-hydrogen) atoms.